The maximum Gasteiger partial charge on any atom is 0.417 e. The Balaban J connectivity index is 1.58. The molecule has 1 aliphatic rings. The molecule has 0 N–H and O–H groups in total. The number of benzene rings is 1. The van der Waals surface area contributed by atoms with Crippen molar-refractivity contribution in [1.29, 1.82) is 0 Å². The van der Waals surface area contributed by atoms with E-state index in [9.17, 15) is 18.0 Å². The molecular weight excluding hydrogens is 369 g/mol. The van der Waals surface area contributed by atoms with E-state index in [1.54, 1.807) is 11.9 Å². The minimum absolute atomic E-state index is 0.00676. The van der Waals surface area contributed by atoms with Gasteiger partial charge in [0.2, 0.25) is 5.91 Å². The molecule has 0 radical (unpaired) electrons. The van der Waals surface area contributed by atoms with E-state index in [2.05, 4.69) is 9.88 Å². The smallest absolute Gasteiger partial charge is 0.354 e. The second kappa shape index (κ2) is 8.18. The van der Waals surface area contributed by atoms with Crippen LogP contribution in [0, 0.1) is 0 Å². The average molecular weight is 392 g/mol. The van der Waals surface area contributed by atoms with E-state index in [4.69, 9.17) is 0 Å². The summed E-state index contributed by atoms with van der Waals surface area (Å²) in [6.45, 7) is 4.36. The number of carbonyl (C=O) groups is 1. The molecule has 0 bridgehead atoms. The zero-order valence-corrected chi connectivity index (χ0v) is 15.9. The number of pyridine rings is 1. The van der Waals surface area contributed by atoms with Gasteiger partial charge in [0.1, 0.15) is 5.82 Å². The summed E-state index contributed by atoms with van der Waals surface area (Å²) in [5.41, 5.74) is 0.0880. The number of nitrogens with zero attached hydrogens (tertiary/aromatic N) is 4. The average Bonchev–Trinajstić information content (AvgIpc) is 2.72. The molecule has 8 heteroatoms. The summed E-state index contributed by atoms with van der Waals surface area (Å²) in [4.78, 5) is 22.4. The third-order valence-electron chi connectivity index (χ3n) is 5.09. The van der Waals surface area contributed by atoms with Crippen LogP contribution in [0.1, 0.15) is 12.5 Å². The second-order valence-corrected chi connectivity index (χ2v) is 6.83. The van der Waals surface area contributed by atoms with Crippen LogP contribution in [0.25, 0.3) is 0 Å². The Bertz CT molecular complexity index is 787. The van der Waals surface area contributed by atoms with Gasteiger partial charge >= 0.3 is 6.18 Å². The Labute approximate surface area is 162 Å². The zero-order chi connectivity index (χ0) is 20.3. The van der Waals surface area contributed by atoms with Gasteiger partial charge in [0.15, 0.2) is 0 Å². The number of hydrogen-bond acceptors (Lipinski definition) is 4. The quantitative estimate of drug-likeness (QED) is 0.801. The molecule has 5 nitrogen and oxygen atoms in total. The van der Waals surface area contributed by atoms with Crippen LogP contribution < -0.4 is 9.80 Å². The molecule has 1 aliphatic heterocycles. The Morgan fingerprint density at radius 1 is 1.07 bits per heavy atom. The lowest BCUT2D eigenvalue weighted by Gasteiger charge is -2.39. The molecule has 0 saturated carbocycles. The van der Waals surface area contributed by atoms with E-state index in [1.807, 2.05) is 42.2 Å². The number of likely N-dealkylation sites (N-methyl/N-ethyl adjacent to an activating group) is 1. The van der Waals surface area contributed by atoms with Crippen molar-refractivity contribution >= 4 is 17.4 Å². The number of alkyl halides is 3. The highest BCUT2D eigenvalue weighted by atomic mass is 19.4. The summed E-state index contributed by atoms with van der Waals surface area (Å²) in [5, 5.41) is 0. The first-order valence-electron chi connectivity index (χ1n) is 9.12. The summed E-state index contributed by atoms with van der Waals surface area (Å²) in [7, 11) is 1.76. The normalized spacial score (nSPS) is 16.7. The van der Waals surface area contributed by atoms with E-state index in [-0.39, 0.29) is 11.9 Å². The summed E-state index contributed by atoms with van der Waals surface area (Å²) in [6.07, 6.45) is -3.52. The Hall–Kier alpha value is -2.61. The number of piperazine rings is 1. The van der Waals surface area contributed by atoms with E-state index in [1.165, 1.54) is 6.07 Å². The minimum atomic E-state index is -4.38. The summed E-state index contributed by atoms with van der Waals surface area (Å²) >= 11 is 0. The maximum atomic E-state index is 12.8. The molecule has 150 valence electrons. The number of aromatic nitrogens is 1. The van der Waals surface area contributed by atoms with Gasteiger partial charge in [-0.3, -0.25) is 9.69 Å². The van der Waals surface area contributed by atoms with Crippen LogP contribution in [0.2, 0.25) is 0 Å². The Morgan fingerprint density at radius 2 is 1.71 bits per heavy atom. The number of amides is 1. The lowest BCUT2D eigenvalue weighted by Crippen LogP contribution is -2.54. The van der Waals surface area contributed by atoms with Crippen molar-refractivity contribution in [3.05, 3.63) is 54.2 Å². The number of carbonyl (C=O) groups excluding carboxylic acids is 1. The standard InChI is InChI=1S/C20H23F3N4O/c1-15(19(28)25(2)17-6-4-3-5-7-17)26-10-12-27(13-11-26)18-9-8-16(14-24-18)20(21,22)23/h3-9,14-15H,10-13H2,1-2H3/t15-/m0/s1. The van der Waals surface area contributed by atoms with Crippen molar-refractivity contribution in [2.75, 3.05) is 43.0 Å². The predicted octanol–water partition coefficient (Wildman–Crippen LogP) is 3.27. The third kappa shape index (κ3) is 4.44. The molecule has 1 aromatic carbocycles. The van der Waals surface area contributed by atoms with Crippen molar-refractivity contribution in [2.24, 2.45) is 0 Å². The van der Waals surface area contributed by atoms with Gasteiger partial charge in [0.05, 0.1) is 11.6 Å². The van der Waals surface area contributed by atoms with Crippen molar-refractivity contribution in [3.63, 3.8) is 0 Å². The van der Waals surface area contributed by atoms with Crippen molar-refractivity contribution in [2.45, 2.75) is 19.1 Å². The highest BCUT2D eigenvalue weighted by Crippen LogP contribution is 2.29. The van der Waals surface area contributed by atoms with Gasteiger partial charge < -0.3 is 9.80 Å². The van der Waals surface area contributed by atoms with Crippen LogP contribution in [0.5, 0.6) is 0 Å². The van der Waals surface area contributed by atoms with Gasteiger partial charge in [-0.25, -0.2) is 4.98 Å². The fourth-order valence-corrected chi connectivity index (χ4v) is 3.29. The van der Waals surface area contributed by atoms with E-state index >= 15 is 0 Å². The monoisotopic (exact) mass is 392 g/mol. The molecule has 2 heterocycles. The number of para-hydroxylation sites is 1. The molecule has 1 saturated heterocycles. The molecule has 1 aromatic heterocycles. The molecule has 1 fully saturated rings. The molecule has 3 rings (SSSR count). The van der Waals surface area contributed by atoms with Gasteiger partial charge in [-0.1, -0.05) is 18.2 Å². The number of rotatable bonds is 4. The number of anilines is 2. The van der Waals surface area contributed by atoms with Crippen molar-refractivity contribution in [3.8, 4) is 0 Å². The van der Waals surface area contributed by atoms with Crippen LogP contribution >= 0.6 is 0 Å². The van der Waals surface area contributed by atoms with Gasteiger partial charge in [0, 0.05) is 45.1 Å². The molecule has 1 atom stereocenters. The second-order valence-electron chi connectivity index (χ2n) is 6.83. The lowest BCUT2D eigenvalue weighted by molar-refractivity contribution is -0.137. The predicted molar refractivity (Wildman–Crippen MR) is 102 cm³/mol. The zero-order valence-electron chi connectivity index (χ0n) is 15.9. The van der Waals surface area contributed by atoms with Gasteiger partial charge in [-0.15, -0.1) is 0 Å². The van der Waals surface area contributed by atoms with Crippen LogP contribution in [0.15, 0.2) is 48.7 Å². The third-order valence-corrected chi connectivity index (χ3v) is 5.09. The van der Waals surface area contributed by atoms with Gasteiger partial charge in [0.25, 0.3) is 0 Å². The van der Waals surface area contributed by atoms with Crippen LogP contribution in [-0.4, -0.2) is 55.1 Å². The first-order chi connectivity index (χ1) is 13.3. The molecule has 0 aliphatic carbocycles. The molecule has 28 heavy (non-hydrogen) atoms. The summed E-state index contributed by atoms with van der Waals surface area (Å²) in [6, 6.07) is 11.6. The molecular formula is C20H23F3N4O. The lowest BCUT2D eigenvalue weighted by atomic mass is 10.2. The first-order valence-corrected chi connectivity index (χ1v) is 9.12. The van der Waals surface area contributed by atoms with Crippen LogP contribution in [0.3, 0.4) is 0 Å². The fraction of sp³-hybridized carbons (Fsp3) is 0.400. The van der Waals surface area contributed by atoms with Gasteiger partial charge in [-0.2, -0.15) is 13.2 Å². The Kier molecular flexibility index (Phi) is 5.88. The summed E-state index contributed by atoms with van der Waals surface area (Å²) in [5.74, 6) is 0.528. The van der Waals surface area contributed by atoms with Crippen LogP contribution in [-0.2, 0) is 11.0 Å². The topological polar surface area (TPSA) is 39.7 Å². The van der Waals surface area contributed by atoms with Crippen molar-refractivity contribution < 1.29 is 18.0 Å². The Morgan fingerprint density at radius 3 is 2.25 bits per heavy atom. The number of hydrogen-bond donors (Lipinski definition) is 0. The van der Waals surface area contributed by atoms with Gasteiger partial charge in [-0.05, 0) is 31.2 Å². The van der Waals surface area contributed by atoms with Crippen LogP contribution in [0.4, 0.5) is 24.7 Å². The molecule has 0 spiro atoms. The van der Waals surface area contributed by atoms with E-state index < -0.39 is 11.7 Å². The number of halogens is 3. The molecule has 0 unspecified atom stereocenters. The largest absolute Gasteiger partial charge is 0.417 e. The minimum Gasteiger partial charge on any atom is -0.354 e. The van der Waals surface area contributed by atoms with E-state index in [0.717, 1.165) is 18.0 Å². The highest BCUT2D eigenvalue weighted by molar-refractivity contribution is 5.96. The van der Waals surface area contributed by atoms with Crippen molar-refractivity contribution in [1.82, 2.24) is 9.88 Å². The van der Waals surface area contributed by atoms with E-state index in [0.29, 0.717) is 32.0 Å². The fourth-order valence-electron chi connectivity index (χ4n) is 3.29. The molecule has 1 amide bonds. The highest BCUT2D eigenvalue weighted by Gasteiger charge is 2.32. The maximum absolute atomic E-state index is 12.8. The molecule has 2 aromatic rings. The summed E-state index contributed by atoms with van der Waals surface area (Å²) < 4.78 is 38.0. The SMILES string of the molecule is C[C@@H](C(=O)N(C)c1ccccc1)N1CCN(c2ccc(C(F)(F)F)cn2)CC1. The first kappa shape index (κ1) is 20.1.